The van der Waals surface area contributed by atoms with Gasteiger partial charge in [0.25, 0.3) is 0 Å². The number of hydrogen-bond acceptors (Lipinski definition) is 5. The lowest BCUT2D eigenvalue weighted by Crippen LogP contribution is -2.28. The van der Waals surface area contributed by atoms with Crippen LogP contribution < -0.4 is 11.3 Å². The van der Waals surface area contributed by atoms with E-state index in [1.54, 1.807) is 6.20 Å². The Kier molecular flexibility index (Phi) is 3.27. The first-order valence-electron chi connectivity index (χ1n) is 4.30. The van der Waals surface area contributed by atoms with E-state index < -0.39 is 0 Å². The third-order valence-corrected chi connectivity index (χ3v) is 2.97. The average molecular weight is 241 g/mol. The molecule has 1 unspecified atom stereocenters. The van der Waals surface area contributed by atoms with Crippen molar-refractivity contribution in [3.8, 4) is 0 Å². The summed E-state index contributed by atoms with van der Waals surface area (Å²) in [6.45, 7) is 0. The van der Waals surface area contributed by atoms with Crippen LogP contribution in [0.5, 0.6) is 0 Å². The van der Waals surface area contributed by atoms with Crippen LogP contribution in [0.3, 0.4) is 0 Å². The molecule has 4 nitrogen and oxygen atoms in total. The summed E-state index contributed by atoms with van der Waals surface area (Å²) in [5, 5.41) is 4.46. The van der Waals surface area contributed by atoms with Crippen molar-refractivity contribution in [3.05, 3.63) is 45.9 Å². The third kappa shape index (κ3) is 2.32. The van der Waals surface area contributed by atoms with E-state index in [9.17, 15) is 0 Å². The average Bonchev–Trinajstić information content (AvgIpc) is 2.72. The fourth-order valence-electron chi connectivity index (χ4n) is 1.33. The molecule has 1 aromatic carbocycles. The summed E-state index contributed by atoms with van der Waals surface area (Å²) in [6, 6.07) is 7.42. The molecule has 1 aromatic heterocycles. The van der Waals surface area contributed by atoms with E-state index in [0.717, 1.165) is 10.4 Å². The van der Waals surface area contributed by atoms with Crippen molar-refractivity contribution in [3.63, 3.8) is 0 Å². The van der Waals surface area contributed by atoms with Gasteiger partial charge in [0.2, 0.25) is 0 Å². The predicted molar refractivity (Wildman–Crippen MR) is 60.5 cm³/mol. The highest BCUT2D eigenvalue weighted by Gasteiger charge is 2.14. The van der Waals surface area contributed by atoms with E-state index in [4.69, 9.17) is 17.4 Å². The summed E-state index contributed by atoms with van der Waals surface area (Å²) in [5.74, 6) is 5.50. The van der Waals surface area contributed by atoms with Crippen molar-refractivity contribution in [2.24, 2.45) is 5.84 Å². The standard InChI is InChI=1S/C9H9ClN4S/c10-7-3-1-2-6(4-7)9(13-11)8-5-12-14-15-8/h1-5,9,13H,11H2. The van der Waals surface area contributed by atoms with Gasteiger partial charge in [-0.25, -0.2) is 5.43 Å². The molecule has 78 valence electrons. The van der Waals surface area contributed by atoms with E-state index in [-0.39, 0.29) is 6.04 Å². The molecule has 0 saturated heterocycles. The Bertz CT molecular complexity index is 431. The maximum Gasteiger partial charge on any atom is 0.0835 e. The molecule has 15 heavy (non-hydrogen) atoms. The molecule has 2 aromatic rings. The van der Waals surface area contributed by atoms with E-state index in [2.05, 4.69) is 15.0 Å². The van der Waals surface area contributed by atoms with Gasteiger partial charge in [-0.3, -0.25) is 5.84 Å². The first-order valence-corrected chi connectivity index (χ1v) is 5.45. The monoisotopic (exact) mass is 240 g/mol. The van der Waals surface area contributed by atoms with Gasteiger partial charge in [0, 0.05) is 5.02 Å². The predicted octanol–water partition coefficient (Wildman–Crippen LogP) is 1.74. The summed E-state index contributed by atoms with van der Waals surface area (Å²) in [7, 11) is 0. The van der Waals surface area contributed by atoms with Gasteiger partial charge in [0.15, 0.2) is 0 Å². The van der Waals surface area contributed by atoms with Crippen LogP contribution in [0.15, 0.2) is 30.5 Å². The number of nitrogens with zero attached hydrogens (tertiary/aromatic N) is 2. The molecular formula is C9H9ClN4S. The van der Waals surface area contributed by atoms with Crippen LogP contribution in [-0.2, 0) is 0 Å². The van der Waals surface area contributed by atoms with Crippen LogP contribution >= 0.6 is 23.1 Å². The minimum atomic E-state index is -0.108. The number of nitrogens with one attached hydrogen (secondary N) is 1. The molecular weight excluding hydrogens is 232 g/mol. The van der Waals surface area contributed by atoms with Crippen LogP contribution in [0.4, 0.5) is 0 Å². The summed E-state index contributed by atoms with van der Waals surface area (Å²) >= 11 is 7.22. The van der Waals surface area contributed by atoms with Gasteiger partial charge in [-0.1, -0.05) is 28.2 Å². The summed E-state index contributed by atoms with van der Waals surface area (Å²) in [4.78, 5) is 0.958. The van der Waals surface area contributed by atoms with E-state index >= 15 is 0 Å². The molecule has 6 heteroatoms. The van der Waals surface area contributed by atoms with Crippen LogP contribution in [0.1, 0.15) is 16.5 Å². The molecule has 0 saturated carbocycles. The van der Waals surface area contributed by atoms with Gasteiger partial charge in [-0.15, -0.1) is 5.10 Å². The summed E-state index contributed by atoms with van der Waals surface area (Å²) < 4.78 is 3.80. The Labute approximate surface area is 96.2 Å². The molecule has 0 bridgehead atoms. The normalized spacial score (nSPS) is 12.7. The van der Waals surface area contributed by atoms with Crippen LogP contribution in [0, 0.1) is 0 Å². The van der Waals surface area contributed by atoms with Crippen molar-refractivity contribution in [1.82, 2.24) is 15.0 Å². The lowest BCUT2D eigenvalue weighted by atomic mass is 10.1. The van der Waals surface area contributed by atoms with Crippen molar-refractivity contribution in [1.29, 1.82) is 0 Å². The summed E-state index contributed by atoms with van der Waals surface area (Å²) in [5.41, 5.74) is 3.72. The van der Waals surface area contributed by atoms with E-state index in [1.165, 1.54) is 11.5 Å². The van der Waals surface area contributed by atoms with Crippen molar-refractivity contribution in [2.45, 2.75) is 6.04 Å². The Hall–Kier alpha value is -1.01. The highest BCUT2D eigenvalue weighted by atomic mass is 35.5. The van der Waals surface area contributed by atoms with Crippen LogP contribution in [-0.4, -0.2) is 9.59 Å². The number of halogens is 1. The molecule has 0 amide bonds. The van der Waals surface area contributed by atoms with Gasteiger partial charge in [0.1, 0.15) is 0 Å². The van der Waals surface area contributed by atoms with Gasteiger partial charge < -0.3 is 0 Å². The lowest BCUT2D eigenvalue weighted by Gasteiger charge is -2.13. The number of hydrogen-bond donors (Lipinski definition) is 2. The van der Waals surface area contributed by atoms with Gasteiger partial charge in [-0.2, -0.15) is 0 Å². The molecule has 0 spiro atoms. The second kappa shape index (κ2) is 4.67. The lowest BCUT2D eigenvalue weighted by molar-refractivity contribution is 0.645. The molecule has 1 heterocycles. The van der Waals surface area contributed by atoms with Crippen molar-refractivity contribution in [2.75, 3.05) is 0 Å². The highest BCUT2D eigenvalue weighted by Crippen LogP contribution is 2.24. The maximum absolute atomic E-state index is 5.91. The number of aromatic nitrogens is 2. The molecule has 0 radical (unpaired) electrons. The Morgan fingerprint density at radius 1 is 1.47 bits per heavy atom. The third-order valence-electron chi connectivity index (χ3n) is 2.01. The van der Waals surface area contributed by atoms with Gasteiger partial charge >= 0.3 is 0 Å². The van der Waals surface area contributed by atoms with E-state index in [0.29, 0.717) is 5.02 Å². The Morgan fingerprint density at radius 3 is 2.93 bits per heavy atom. The quantitative estimate of drug-likeness (QED) is 0.634. The number of hydrazine groups is 1. The molecule has 2 rings (SSSR count). The van der Waals surface area contributed by atoms with Crippen LogP contribution in [0.2, 0.25) is 5.02 Å². The molecule has 3 N–H and O–H groups in total. The van der Waals surface area contributed by atoms with Gasteiger partial charge in [-0.05, 0) is 29.2 Å². The maximum atomic E-state index is 5.91. The Morgan fingerprint density at radius 2 is 2.33 bits per heavy atom. The molecule has 0 fully saturated rings. The van der Waals surface area contributed by atoms with E-state index in [1.807, 2.05) is 24.3 Å². The fourth-order valence-corrected chi connectivity index (χ4v) is 2.12. The molecule has 0 aliphatic rings. The summed E-state index contributed by atoms with van der Waals surface area (Å²) in [6.07, 6.45) is 1.69. The minimum absolute atomic E-state index is 0.108. The molecule has 1 atom stereocenters. The zero-order valence-corrected chi connectivity index (χ0v) is 9.29. The van der Waals surface area contributed by atoms with Crippen LogP contribution in [0.25, 0.3) is 0 Å². The van der Waals surface area contributed by atoms with Crippen molar-refractivity contribution >= 4 is 23.1 Å². The largest absolute Gasteiger partial charge is 0.271 e. The smallest absolute Gasteiger partial charge is 0.0835 e. The zero-order valence-electron chi connectivity index (χ0n) is 7.72. The first-order chi connectivity index (χ1) is 7.31. The molecule has 0 aliphatic carbocycles. The topological polar surface area (TPSA) is 63.8 Å². The number of nitrogens with two attached hydrogens (primary N) is 1. The van der Waals surface area contributed by atoms with Gasteiger partial charge in [0.05, 0.1) is 17.1 Å². The number of benzene rings is 1. The first kappa shape index (κ1) is 10.5. The second-order valence-electron chi connectivity index (χ2n) is 2.97. The molecule has 0 aliphatic heterocycles. The Balaban J connectivity index is 2.35. The zero-order chi connectivity index (χ0) is 10.7. The number of rotatable bonds is 3. The fraction of sp³-hybridized carbons (Fsp3) is 0.111. The second-order valence-corrected chi connectivity index (χ2v) is 4.23. The SMILES string of the molecule is NNC(c1cccc(Cl)c1)c1cnns1. The van der Waals surface area contributed by atoms with Crippen molar-refractivity contribution < 1.29 is 0 Å². The minimum Gasteiger partial charge on any atom is -0.271 e. The highest BCUT2D eigenvalue weighted by molar-refractivity contribution is 7.05.